The van der Waals surface area contributed by atoms with Gasteiger partial charge in [-0.25, -0.2) is 0 Å². The summed E-state index contributed by atoms with van der Waals surface area (Å²) < 4.78 is 2.40. The van der Waals surface area contributed by atoms with E-state index in [0.717, 1.165) is 23.5 Å². The molecule has 9 aromatic carbocycles. The Balaban J connectivity index is 1.04. The minimum atomic E-state index is -0.196. The van der Waals surface area contributed by atoms with E-state index < -0.39 is 0 Å². The number of para-hydroxylation sites is 2. The van der Waals surface area contributed by atoms with Crippen molar-refractivity contribution in [3.05, 3.63) is 222 Å². The van der Waals surface area contributed by atoms with E-state index in [1.54, 1.807) is 0 Å². The largest absolute Gasteiger partial charge is 0.310 e. The van der Waals surface area contributed by atoms with Crippen LogP contribution in [0.3, 0.4) is 0 Å². The van der Waals surface area contributed by atoms with Crippen LogP contribution in [0.4, 0.5) is 17.1 Å². The highest BCUT2D eigenvalue weighted by Gasteiger charge is 2.38. The third-order valence-corrected chi connectivity index (χ3v) is 13.7. The Bertz CT molecular complexity index is 3420. The Labute approximate surface area is 363 Å². The van der Waals surface area contributed by atoms with Crippen molar-refractivity contribution in [3.63, 3.8) is 0 Å². The molecule has 2 aliphatic carbocycles. The van der Waals surface area contributed by atoms with Crippen molar-refractivity contribution in [1.29, 1.82) is 0 Å². The van der Waals surface area contributed by atoms with E-state index in [4.69, 9.17) is 0 Å². The zero-order chi connectivity index (χ0) is 41.5. The maximum absolute atomic E-state index is 2.50. The van der Waals surface area contributed by atoms with Crippen molar-refractivity contribution in [1.82, 2.24) is 4.57 Å². The van der Waals surface area contributed by atoms with Crippen LogP contribution in [0.1, 0.15) is 43.0 Å². The van der Waals surface area contributed by atoms with Crippen molar-refractivity contribution < 1.29 is 0 Å². The van der Waals surface area contributed by atoms with Gasteiger partial charge in [0.15, 0.2) is 0 Å². The van der Waals surface area contributed by atoms with Crippen molar-refractivity contribution >= 4 is 55.7 Å². The molecule has 62 heavy (non-hydrogen) atoms. The van der Waals surface area contributed by atoms with Crippen LogP contribution in [0, 0.1) is 5.92 Å². The number of fused-ring (bicyclic) bond motifs is 9. The van der Waals surface area contributed by atoms with Gasteiger partial charge < -0.3 is 9.47 Å². The van der Waals surface area contributed by atoms with Gasteiger partial charge in [0, 0.05) is 33.2 Å². The van der Waals surface area contributed by atoms with E-state index in [0.29, 0.717) is 5.92 Å². The third-order valence-electron chi connectivity index (χ3n) is 13.7. The first kappa shape index (κ1) is 36.4. The van der Waals surface area contributed by atoms with E-state index in [9.17, 15) is 0 Å². The molecular weight excluding hydrogens is 749 g/mol. The van der Waals surface area contributed by atoms with Crippen LogP contribution < -0.4 is 4.90 Å². The zero-order valence-corrected chi connectivity index (χ0v) is 35.3. The minimum absolute atomic E-state index is 0.196. The fourth-order valence-corrected chi connectivity index (χ4v) is 10.9. The number of hydrogen-bond donors (Lipinski definition) is 0. The highest BCUT2D eigenvalue weighted by atomic mass is 15.1. The molecule has 2 heteroatoms. The summed E-state index contributed by atoms with van der Waals surface area (Å²) in [4.78, 5) is 2.50. The molecule has 0 amide bonds. The number of allylic oxidation sites excluding steroid dienone is 1. The van der Waals surface area contributed by atoms with Gasteiger partial charge in [0.2, 0.25) is 0 Å². The molecule has 0 spiro atoms. The molecule has 2 nitrogen and oxygen atoms in total. The summed E-state index contributed by atoms with van der Waals surface area (Å²) >= 11 is 0. The minimum Gasteiger partial charge on any atom is -0.310 e. The molecule has 0 aliphatic heterocycles. The molecule has 0 bridgehead atoms. The van der Waals surface area contributed by atoms with E-state index in [2.05, 4.69) is 237 Å². The van der Waals surface area contributed by atoms with Gasteiger partial charge in [-0.05, 0) is 133 Å². The number of benzene rings is 9. The second kappa shape index (κ2) is 14.1. The lowest BCUT2D eigenvalue weighted by atomic mass is 9.81. The average Bonchev–Trinajstić information content (AvgIpc) is 3.78. The van der Waals surface area contributed by atoms with E-state index in [-0.39, 0.29) is 5.41 Å². The summed E-state index contributed by atoms with van der Waals surface area (Å²) in [6, 6.07) is 72.1. The summed E-state index contributed by atoms with van der Waals surface area (Å²) in [5.74, 6) is 0.542. The van der Waals surface area contributed by atoms with Crippen LogP contribution in [0.15, 0.2) is 200 Å². The molecule has 1 aromatic heterocycles. The van der Waals surface area contributed by atoms with Gasteiger partial charge in [-0.2, -0.15) is 0 Å². The highest BCUT2D eigenvalue weighted by molar-refractivity contribution is 6.16. The maximum Gasteiger partial charge on any atom is 0.0547 e. The van der Waals surface area contributed by atoms with Crippen LogP contribution >= 0.6 is 0 Å². The van der Waals surface area contributed by atoms with Crippen LogP contribution in [-0.2, 0) is 11.8 Å². The lowest BCUT2D eigenvalue weighted by Gasteiger charge is -2.32. The maximum atomic E-state index is 2.50. The average molecular weight is 795 g/mol. The van der Waals surface area contributed by atoms with Crippen molar-refractivity contribution in [2.24, 2.45) is 5.92 Å². The third kappa shape index (κ3) is 5.56. The number of rotatable bonds is 6. The second-order valence-corrected chi connectivity index (χ2v) is 17.8. The van der Waals surface area contributed by atoms with Crippen molar-refractivity contribution in [3.8, 4) is 39.1 Å². The van der Waals surface area contributed by atoms with Gasteiger partial charge in [0.25, 0.3) is 0 Å². The van der Waals surface area contributed by atoms with Gasteiger partial charge in [0.05, 0.1) is 16.7 Å². The predicted molar refractivity (Wildman–Crippen MR) is 263 cm³/mol. The first-order chi connectivity index (χ1) is 30.4. The van der Waals surface area contributed by atoms with Gasteiger partial charge in [-0.1, -0.05) is 172 Å². The standard InChI is InChI=1S/C60H46N2/c1-39-29-30-41-33-36-49-46(21-12-23-48(49)53(41)37-39)40-31-34-44(35-32-40)61(57-28-14-24-51-50-19-7-9-25-54(50)60(2,3)59(51)57)45-18-11-15-42(38-45)47-22-13-27-56-58(47)52-20-8-10-26-55(52)62(56)43-16-5-4-6-17-43/h4-36,38-39H,37H2,1-3H3. The number of aromatic nitrogens is 1. The topological polar surface area (TPSA) is 8.17 Å². The smallest absolute Gasteiger partial charge is 0.0547 e. The fraction of sp³-hybridized carbons (Fsp3) is 0.100. The van der Waals surface area contributed by atoms with Gasteiger partial charge in [-0.15, -0.1) is 0 Å². The highest BCUT2D eigenvalue weighted by Crippen LogP contribution is 2.54. The summed E-state index contributed by atoms with van der Waals surface area (Å²) in [7, 11) is 0. The quantitative estimate of drug-likeness (QED) is 0.163. The van der Waals surface area contributed by atoms with Gasteiger partial charge in [0.1, 0.15) is 0 Å². The molecule has 1 unspecified atom stereocenters. The normalized spacial score (nSPS) is 14.9. The first-order valence-electron chi connectivity index (χ1n) is 22.0. The fourth-order valence-electron chi connectivity index (χ4n) is 10.9. The number of nitrogens with zero attached hydrogens (tertiary/aromatic N) is 2. The summed E-state index contributed by atoms with van der Waals surface area (Å²) in [6.07, 6.45) is 5.72. The molecule has 0 saturated carbocycles. The molecule has 0 N–H and O–H groups in total. The predicted octanol–water partition coefficient (Wildman–Crippen LogP) is 16.3. The first-order valence-corrected chi connectivity index (χ1v) is 22.0. The lowest BCUT2D eigenvalue weighted by molar-refractivity contribution is 0.661. The molecule has 296 valence electrons. The number of anilines is 3. The molecule has 0 radical (unpaired) electrons. The van der Waals surface area contributed by atoms with E-state index in [1.165, 1.54) is 93.9 Å². The van der Waals surface area contributed by atoms with Crippen LogP contribution in [0.25, 0.3) is 77.7 Å². The molecule has 0 fully saturated rings. The molecule has 10 aromatic rings. The summed E-state index contributed by atoms with van der Waals surface area (Å²) in [5.41, 5.74) is 19.9. The molecule has 1 heterocycles. The SMILES string of the molecule is CC1C=Cc2ccc3c(-c4ccc(N(c5cccc(-c6cccc7c6c6ccccc6n7-c6ccccc6)c5)c5cccc6c5C(C)(C)c5ccccc5-6)cc4)cccc3c2C1. The monoisotopic (exact) mass is 794 g/mol. The number of hydrogen-bond acceptors (Lipinski definition) is 1. The Morgan fingerprint density at radius 2 is 1.21 bits per heavy atom. The van der Waals surface area contributed by atoms with Gasteiger partial charge in [-0.3, -0.25) is 0 Å². The van der Waals surface area contributed by atoms with Crippen LogP contribution in [0.5, 0.6) is 0 Å². The Hall–Kier alpha value is -7.42. The lowest BCUT2D eigenvalue weighted by Crippen LogP contribution is -2.20. The molecule has 0 saturated heterocycles. The Morgan fingerprint density at radius 1 is 0.516 bits per heavy atom. The molecule has 2 aliphatic rings. The summed E-state index contributed by atoms with van der Waals surface area (Å²) in [6.45, 7) is 7.09. The zero-order valence-electron chi connectivity index (χ0n) is 35.3. The Kier molecular flexibility index (Phi) is 8.27. The van der Waals surface area contributed by atoms with Crippen molar-refractivity contribution in [2.45, 2.75) is 32.6 Å². The van der Waals surface area contributed by atoms with Gasteiger partial charge >= 0.3 is 0 Å². The second-order valence-electron chi connectivity index (χ2n) is 17.8. The van der Waals surface area contributed by atoms with Crippen LogP contribution in [0.2, 0.25) is 0 Å². The Morgan fingerprint density at radius 3 is 2.10 bits per heavy atom. The molecular formula is C60H46N2. The van der Waals surface area contributed by atoms with Crippen LogP contribution in [-0.4, -0.2) is 4.57 Å². The molecule has 1 atom stereocenters. The van der Waals surface area contributed by atoms with E-state index in [1.807, 2.05) is 0 Å². The summed E-state index contributed by atoms with van der Waals surface area (Å²) in [5, 5.41) is 5.19. The van der Waals surface area contributed by atoms with E-state index >= 15 is 0 Å². The molecule has 12 rings (SSSR count). The van der Waals surface area contributed by atoms with Crippen molar-refractivity contribution in [2.75, 3.05) is 4.90 Å².